The number of carbonyl (C=O) groups is 1. The molecule has 0 radical (unpaired) electrons. The van der Waals surface area contributed by atoms with Crippen molar-refractivity contribution in [2.75, 3.05) is 0 Å². The van der Waals surface area contributed by atoms with Gasteiger partial charge in [-0.3, -0.25) is 4.79 Å². The van der Waals surface area contributed by atoms with E-state index < -0.39 is 5.92 Å². The number of pyridine rings is 1. The summed E-state index contributed by atoms with van der Waals surface area (Å²) >= 11 is 0. The molecule has 5 rings (SSSR count). The van der Waals surface area contributed by atoms with Crippen LogP contribution in [0.15, 0.2) is 53.1 Å². The van der Waals surface area contributed by atoms with E-state index in [1.807, 2.05) is 44.2 Å². The summed E-state index contributed by atoms with van der Waals surface area (Å²) in [7, 11) is 0. The van der Waals surface area contributed by atoms with E-state index in [1.54, 1.807) is 4.52 Å². The number of Topliss-reactive ketones (excluding diaryl/α,β-unsaturated/α-hetero) is 1. The fourth-order valence-electron chi connectivity index (χ4n) is 4.37. The van der Waals surface area contributed by atoms with Crippen LogP contribution in [0, 0.1) is 16.7 Å². The molecule has 2 aromatic heterocycles. The maximum atomic E-state index is 13.2. The van der Waals surface area contributed by atoms with Crippen molar-refractivity contribution in [3.05, 3.63) is 58.7 Å². The second-order valence-corrected chi connectivity index (χ2v) is 8.28. The van der Waals surface area contributed by atoms with E-state index >= 15 is 0 Å². The number of ether oxygens (including phenoxy) is 1. The highest BCUT2D eigenvalue weighted by Crippen LogP contribution is 2.48. The number of benzene rings is 1. The maximum absolute atomic E-state index is 13.2. The van der Waals surface area contributed by atoms with Gasteiger partial charge in [0.25, 0.3) is 0 Å². The molecule has 0 saturated carbocycles. The predicted molar refractivity (Wildman–Crippen MR) is 104 cm³/mol. The summed E-state index contributed by atoms with van der Waals surface area (Å²) in [6.45, 7) is 4.03. The van der Waals surface area contributed by atoms with Crippen LogP contribution in [0.25, 0.3) is 16.6 Å². The zero-order valence-electron chi connectivity index (χ0n) is 16.0. The molecule has 3 aromatic rings. The van der Waals surface area contributed by atoms with Crippen molar-refractivity contribution < 1.29 is 9.53 Å². The van der Waals surface area contributed by atoms with Gasteiger partial charge in [0, 0.05) is 29.4 Å². The van der Waals surface area contributed by atoms with E-state index in [-0.39, 0.29) is 22.7 Å². The number of ketones is 1. The van der Waals surface area contributed by atoms with Crippen molar-refractivity contribution in [1.82, 2.24) is 20.0 Å². The zero-order chi connectivity index (χ0) is 20.3. The van der Waals surface area contributed by atoms with E-state index in [2.05, 4.69) is 21.6 Å². The lowest BCUT2D eigenvalue weighted by atomic mass is 9.70. The van der Waals surface area contributed by atoms with Crippen molar-refractivity contribution >= 4 is 22.3 Å². The maximum Gasteiger partial charge on any atom is 0.205 e. The SMILES string of the molecule is CC1(C)CC(=O)C2=C(C1)OC(N)=C(C#N)C2c1cc2ccccc2n2nnnc12. The average Bonchev–Trinajstić information content (AvgIpc) is 3.15. The Bertz CT molecular complexity index is 1310. The first-order valence-electron chi connectivity index (χ1n) is 9.33. The summed E-state index contributed by atoms with van der Waals surface area (Å²) < 4.78 is 7.40. The Morgan fingerprint density at radius 1 is 1.31 bits per heavy atom. The highest BCUT2D eigenvalue weighted by atomic mass is 16.5. The van der Waals surface area contributed by atoms with Gasteiger partial charge in [0.15, 0.2) is 11.4 Å². The lowest BCUT2D eigenvalue weighted by Crippen LogP contribution is -2.33. The molecule has 8 nitrogen and oxygen atoms in total. The first-order valence-corrected chi connectivity index (χ1v) is 9.33. The summed E-state index contributed by atoms with van der Waals surface area (Å²) in [6.07, 6.45) is 0.942. The molecule has 1 aromatic carbocycles. The Kier molecular flexibility index (Phi) is 3.52. The lowest BCUT2D eigenvalue weighted by molar-refractivity contribution is -0.119. The number of nitrogens with zero attached hydrogens (tertiary/aromatic N) is 5. The Morgan fingerprint density at radius 2 is 2.10 bits per heavy atom. The summed E-state index contributed by atoms with van der Waals surface area (Å²) in [4.78, 5) is 13.2. The highest BCUT2D eigenvalue weighted by molar-refractivity contribution is 6.00. The van der Waals surface area contributed by atoms with Gasteiger partial charge in [-0.05, 0) is 28.0 Å². The molecule has 29 heavy (non-hydrogen) atoms. The standard InChI is InChI=1S/C21H18N6O2/c1-21(2)8-15(28)18-16(9-21)29-19(23)13(10-22)17(18)12-7-11-5-3-4-6-14(11)27-20(12)24-25-26-27/h3-7,17H,8-9,23H2,1-2H3. The van der Waals surface area contributed by atoms with Crippen molar-refractivity contribution in [2.45, 2.75) is 32.6 Å². The largest absolute Gasteiger partial charge is 0.444 e. The van der Waals surface area contributed by atoms with Gasteiger partial charge in [0.1, 0.15) is 17.4 Å². The van der Waals surface area contributed by atoms with Gasteiger partial charge in [-0.15, -0.1) is 5.10 Å². The monoisotopic (exact) mass is 386 g/mol. The third kappa shape index (κ3) is 2.51. The summed E-state index contributed by atoms with van der Waals surface area (Å²) in [6, 6.07) is 11.8. The number of hydrogen-bond acceptors (Lipinski definition) is 7. The van der Waals surface area contributed by atoms with Gasteiger partial charge in [-0.1, -0.05) is 32.0 Å². The van der Waals surface area contributed by atoms with Gasteiger partial charge in [0.05, 0.1) is 11.4 Å². The molecule has 3 heterocycles. The number of aromatic nitrogens is 4. The van der Waals surface area contributed by atoms with Gasteiger partial charge in [-0.25, -0.2) is 0 Å². The molecular formula is C21H18N6O2. The zero-order valence-corrected chi connectivity index (χ0v) is 16.0. The third-order valence-electron chi connectivity index (χ3n) is 5.59. The molecule has 0 saturated heterocycles. The molecule has 144 valence electrons. The molecule has 0 bridgehead atoms. The Balaban J connectivity index is 1.84. The quantitative estimate of drug-likeness (QED) is 0.683. The predicted octanol–water partition coefficient (Wildman–Crippen LogP) is 2.73. The van der Waals surface area contributed by atoms with Crippen molar-refractivity contribution in [2.24, 2.45) is 11.1 Å². The average molecular weight is 386 g/mol. The summed E-state index contributed by atoms with van der Waals surface area (Å²) in [5, 5.41) is 22.9. The number of nitrogens with two attached hydrogens (primary N) is 1. The van der Waals surface area contributed by atoms with E-state index in [9.17, 15) is 10.1 Å². The number of para-hydroxylation sites is 1. The molecule has 2 aliphatic rings. The fourth-order valence-corrected chi connectivity index (χ4v) is 4.37. The van der Waals surface area contributed by atoms with E-state index in [4.69, 9.17) is 10.5 Å². The van der Waals surface area contributed by atoms with Crippen molar-refractivity contribution in [1.29, 1.82) is 5.26 Å². The molecule has 0 amide bonds. The van der Waals surface area contributed by atoms with Gasteiger partial charge >= 0.3 is 0 Å². The van der Waals surface area contributed by atoms with Crippen molar-refractivity contribution in [3.63, 3.8) is 0 Å². The van der Waals surface area contributed by atoms with Crippen LogP contribution in [0.5, 0.6) is 0 Å². The van der Waals surface area contributed by atoms with Crippen LogP contribution in [0.1, 0.15) is 38.2 Å². The molecule has 2 N–H and O–H groups in total. The molecule has 1 aliphatic carbocycles. The fraction of sp³-hybridized carbons (Fsp3) is 0.286. The van der Waals surface area contributed by atoms with Crippen LogP contribution in [0.4, 0.5) is 0 Å². The number of nitriles is 1. The minimum absolute atomic E-state index is 0.0283. The summed E-state index contributed by atoms with van der Waals surface area (Å²) in [5.74, 6) is -0.141. The van der Waals surface area contributed by atoms with Crippen molar-refractivity contribution in [3.8, 4) is 6.07 Å². The number of tetrazole rings is 1. The topological polar surface area (TPSA) is 119 Å². The Morgan fingerprint density at radius 3 is 2.90 bits per heavy atom. The number of rotatable bonds is 1. The minimum Gasteiger partial charge on any atom is -0.444 e. The van der Waals surface area contributed by atoms with Crippen LogP contribution in [0.2, 0.25) is 0 Å². The van der Waals surface area contributed by atoms with Crippen LogP contribution in [0.3, 0.4) is 0 Å². The normalized spacial score (nSPS) is 21.3. The summed E-state index contributed by atoms with van der Waals surface area (Å²) in [5.41, 5.74) is 8.56. The molecule has 1 atom stereocenters. The molecule has 1 aliphatic heterocycles. The third-order valence-corrected chi connectivity index (χ3v) is 5.59. The Hall–Kier alpha value is -3.73. The molecule has 0 spiro atoms. The second kappa shape index (κ2) is 5.88. The lowest BCUT2D eigenvalue weighted by Gasteiger charge is -2.37. The molecule has 0 fully saturated rings. The van der Waals surface area contributed by atoms with Gasteiger partial charge in [0.2, 0.25) is 5.88 Å². The van der Waals surface area contributed by atoms with Crippen LogP contribution in [-0.4, -0.2) is 25.8 Å². The minimum atomic E-state index is -0.662. The highest BCUT2D eigenvalue weighted by Gasteiger charge is 2.43. The number of allylic oxidation sites excluding steroid dienone is 3. The Labute approximate surface area is 166 Å². The van der Waals surface area contributed by atoms with Gasteiger partial charge in [-0.2, -0.15) is 9.78 Å². The molecule has 1 unspecified atom stereocenters. The van der Waals surface area contributed by atoms with E-state index in [0.717, 1.165) is 10.9 Å². The molecule has 8 heteroatoms. The second-order valence-electron chi connectivity index (χ2n) is 8.28. The smallest absolute Gasteiger partial charge is 0.205 e. The first-order chi connectivity index (χ1) is 13.9. The number of hydrogen-bond donors (Lipinski definition) is 1. The van der Waals surface area contributed by atoms with E-state index in [1.165, 1.54) is 0 Å². The number of carbonyl (C=O) groups excluding carboxylic acids is 1. The van der Waals surface area contributed by atoms with Crippen LogP contribution in [-0.2, 0) is 9.53 Å². The molecular weight excluding hydrogens is 368 g/mol. The van der Waals surface area contributed by atoms with E-state index in [0.29, 0.717) is 35.4 Å². The van der Waals surface area contributed by atoms with Gasteiger partial charge < -0.3 is 10.5 Å². The number of fused-ring (bicyclic) bond motifs is 3. The van der Waals surface area contributed by atoms with Crippen LogP contribution >= 0.6 is 0 Å². The van der Waals surface area contributed by atoms with Crippen LogP contribution < -0.4 is 5.73 Å². The first kappa shape index (κ1) is 17.4.